The van der Waals surface area contributed by atoms with Gasteiger partial charge in [0, 0.05) is 0 Å². The first-order valence-corrected chi connectivity index (χ1v) is 25.5. The van der Waals surface area contributed by atoms with Gasteiger partial charge in [-0.15, -0.1) is 0 Å². The van der Waals surface area contributed by atoms with Crippen LogP contribution >= 0.6 is 45.2 Å². The van der Waals surface area contributed by atoms with Crippen molar-refractivity contribution < 1.29 is 0 Å². The maximum Gasteiger partial charge on any atom is 0.103 e. The predicted octanol–water partition coefficient (Wildman–Crippen LogP) is 17.9. The Bertz CT molecular complexity index is 6400. The lowest BCUT2D eigenvalue weighted by Gasteiger charge is -2.32. The highest BCUT2D eigenvalue weighted by molar-refractivity contribution is 14.2. The molecule has 0 heterocycles. The summed E-state index contributed by atoms with van der Waals surface area (Å²) < 4.78 is -0.0142. The molecular formula is C61I2. The summed E-state index contributed by atoms with van der Waals surface area (Å²) in [6, 6.07) is 0. The summed E-state index contributed by atoms with van der Waals surface area (Å²) in [5, 5.41) is 91.3. The molecule has 0 nitrogen and oxygen atoms in total. The normalized spacial score (nSPS) is 21.2. The highest BCUT2D eigenvalue weighted by Crippen LogP contribution is 2.96. The van der Waals surface area contributed by atoms with Crippen LogP contribution in [0.2, 0.25) is 0 Å². The van der Waals surface area contributed by atoms with E-state index in [0.717, 1.165) is 0 Å². The molecule has 0 radical (unpaired) electrons. The molecule has 0 aromatic heterocycles. The highest BCUT2D eigenvalue weighted by atomic mass is 127. The van der Waals surface area contributed by atoms with Gasteiger partial charge >= 0.3 is 0 Å². The van der Waals surface area contributed by atoms with Gasteiger partial charge in [-0.05, 0) is 313 Å². The fraction of sp³-hybridized carbons (Fsp3) is 0.0492. The fourth-order valence-electron chi connectivity index (χ4n) is 24.4. The molecule has 1 fully saturated rings. The van der Waals surface area contributed by atoms with Crippen LogP contribution in [0.4, 0.5) is 0 Å². The number of hydrogen-bond donors (Lipinski definition) is 0. The van der Waals surface area contributed by atoms with Gasteiger partial charge in [0.05, 0.1) is 10.8 Å². The molecule has 5 aliphatic rings. The molecule has 2 heteroatoms. The van der Waals surface area contributed by atoms with Crippen molar-refractivity contribution in [1.82, 2.24) is 0 Å². The molecule has 5 aliphatic carbocycles. The SMILES string of the molecule is IC1(I)C23c4c5c6c7c8c9c(c%10c%11c2c2c4c4c%12c5c5c6c6c8c8c%13c9c9c%10c%10c%11c%11c2c2c4c4c%12c%12c5c5c6c8c6c8c%13c9c9c%10c%10c%11c2c2c4c4c%12c5c6c5c8c9c%10c2c45)C713. The van der Waals surface area contributed by atoms with E-state index in [0.29, 0.717) is 0 Å². The van der Waals surface area contributed by atoms with Gasteiger partial charge in [0.1, 0.15) is 1.43 Å². The molecule has 28 aromatic rings. The lowest BCUT2D eigenvalue weighted by Crippen LogP contribution is -2.27. The van der Waals surface area contributed by atoms with Crippen molar-refractivity contribution in [2.45, 2.75) is 12.3 Å². The third-order valence-electron chi connectivity index (χ3n) is 24.2. The van der Waals surface area contributed by atoms with Crippen LogP contribution in [0.15, 0.2) is 0 Å². The molecule has 63 heavy (non-hydrogen) atoms. The zero-order valence-corrected chi connectivity index (χ0v) is 35.6. The monoisotopic (exact) mass is 986 g/mol. The van der Waals surface area contributed by atoms with Crippen LogP contribution in [0.1, 0.15) is 22.3 Å². The van der Waals surface area contributed by atoms with E-state index in [1.165, 1.54) is 0 Å². The van der Waals surface area contributed by atoms with Gasteiger partial charge in [0.25, 0.3) is 0 Å². The molecule has 0 bridgehead atoms. The Balaban J connectivity index is 1.30. The number of alkyl halides is 2. The number of rotatable bonds is 0. The average Bonchev–Trinajstić information content (AvgIpc) is 4.12. The van der Waals surface area contributed by atoms with Crippen LogP contribution in [-0.4, -0.2) is 1.43 Å². The first-order valence-electron chi connectivity index (χ1n) is 23.4. The van der Waals surface area contributed by atoms with Crippen molar-refractivity contribution in [2.24, 2.45) is 0 Å². The standard InChI is InChI=1S/C61I2/c62-61(63)59-55-47-39-29-19-11-3-1-2-5-9-7(3)15-23-17(9)27-21-13(5)14-6(2)10-8-4(1)12(11)20-26-16(8)24-18(10)28-22(14)32-31(21)41-35(27)45-37(23)43(33(39)25(15)19)51(55)53(45)57-49(41)50-42(32)36(28)46-38(24)44-34(26)40(30(20)29)48(47)56(59)52(44)54(46)58(50)60(57,59)61. The first-order chi connectivity index (χ1) is 31.2. The van der Waals surface area contributed by atoms with E-state index in [4.69, 9.17) is 0 Å². The molecule has 258 valence electrons. The fourth-order valence-corrected chi connectivity index (χ4v) is 27.9. The van der Waals surface area contributed by atoms with Crippen molar-refractivity contribution >= 4 is 336 Å². The Morgan fingerprint density at radius 3 is 0.302 bits per heavy atom. The Hall–Kier alpha value is -6.08. The zero-order chi connectivity index (χ0) is 37.0. The maximum atomic E-state index is 3.14. The van der Waals surface area contributed by atoms with E-state index in [1.807, 2.05) is 0 Å². The van der Waals surface area contributed by atoms with E-state index in [2.05, 4.69) is 45.2 Å². The molecule has 0 atom stereocenters. The quantitative estimate of drug-likeness (QED) is 0.0807. The lowest BCUT2D eigenvalue weighted by molar-refractivity contribution is 0.731. The average molecular weight is 986 g/mol. The van der Waals surface area contributed by atoms with Crippen LogP contribution in [0.5, 0.6) is 0 Å². The van der Waals surface area contributed by atoms with Crippen LogP contribution < -0.4 is 0 Å². The van der Waals surface area contributed by atoms with Gasteiger partial charge in [-0.25, -0.2) is 0 Å². The third-order valence-corrected chi connectivity index (χ3v) is 27.4. The van der Waals surface area contributed by atoms with E-state index in [1.54, 1.807) is 313 Å². The van der Waals surface area contributed by atoms with Crippen LogP contribution in [-0.2, 0) is 10.8 Å². The maximum absolute atomic E-state index is 3.14. The molecule has 0 aliphatic heterocycles. The second-order valence-corrected chi connectivity index (χ2v) is 29.1. The summed E-state index contributed by atoms with van der Waals surface area (Å²) in [4.78, 5) is 0. The van der Waals surface area contributed by atoms with Gasteiger partial charge < -0.3 is 0 Å². The van der Waals surface area contributed by atoms with E-state index in [-0.39, 0.29) is 12.3 Å². The van der Waals surface area contributed by atoms with E-state index in [9.17, 15) is 0 Å². The third kappa shape index (κ3) is 1.11. The molecule has 0 saturated heterocycles. The molecule has 2 spiro atoms. The van der Waals surface area contributed by atoms with E-state index < -0.39 is 0 Å². The van der Waals surface area contributed by atoms with Crippen molar-refractivity contribution in [3.63, 3.8) is 0 Å². The highest BCUT2D eigenvalue weighted by Gasteiger charge is 2.93. The number of halogens is 2. The minimum atomic E-state index is -0.0769. The molecular weight excluding hydrogens is 986 g/mol. The van der Waals surface area contributed by atoms with Gasteiger partial charge in [-0.2, -0.15) is 0 Å². The Kier molecular flexibility index (Phi) is 1.78. The summed E-state index contributed by atoms with van der Waals surface area (Å²) in [6.07, 6.45) is 0. The first kappa shape index (κ1) is 23.0. The van der Waals surface area contributed by atoms with Crippen molar-refractivity contribution in [1.29, 1.82) is 0 Å². The molecule has 0 N–H and O–H groups in total. The molecule has 0 amide bonds. The summed E-state index contributed by atoms with van der Waals surface area (Å²) in [5.74, 6) is 0. The largest absolute Gasteiger partial charge is 0.103 e. The number of benzene rings is 18. The van der Waals surface area contributed by atoms with Gasteiger partial charge in [-0.1, -0.05) is 45.2 Å². The summed E-state index contributed by atoms with van der Waals surface area (Å²) in [5.41, 5.74) is 7.07. The summed E-state index contributed by atoms with van der Waals surface area (Å²) >= 11 is 6.28. The molecule has 28 aromatic carbocycles. The smallest absolute Gasteiger partial charge is 0.0644 e. The second-order valence-electron chi connectivity index (χ2n) is 23.8. The molecule has 0 unspecified atom stereocenters. The van der Waals surface area contributed by atoms with Gasteiger partial charge in [0.15, 0.2) is 0 Å². The number of hydrogen-bond acceptors (Lipinski definition) is 0. The topological polar surface area (TPSA) is 0 Å². The van der Waals surface area contributed by atoms with E-state index >= 15 is 0 Å². The molecule has 1 saturated carbocycles. The van der Waals surface area contributed by atoms with Crippen molar-refractivity contribution in [3.8, 4) is 0 Å². The van der Waals surface area contributed by atoms with Gasteiger partial charge in [-0.3, -0.25) is 0 Å². The van der Waals surface area contributed by atoms with Crippen LogP contribution in [0.3, 0.4) is 0 Å². The zero-order valence-electron chi connectivity index (χ0n) is 31.3. The summed E-state index contributed by atoms with van der Waals surface area (Å²) in [6.45, 7) is 0. The van der Waals surface area contributed by atoms with Crippen molar-refractivity contribution in [3.05, 3.63) is 22.3 Å². The predicted molar refractivity (Wildman–Crippen MR) is 285 cm³/mol. The Labute approximate surface area is 367 Å². The lowest BCUT2D eigenvalue weighted by atomic mass is 9.68. The van der Waals surface area contributed by atoms with Gasteiger partial charge in [0.2, 0.25) is 0 Å². The minimum Gasteiger partial charge on any atom is -0.0644 e. The van der Waals surface area contributed by atoms with Crippen molar-refractivity contribution in [2.75, 3.05) is 0 Å². The minimum absolute atomic E-state index is 0.0142. The Morgan fingerprint density at radius 2 is 0.206 bits per heavy atom. The second kappa shape index (κ2) is 4.88. The van der Waals surface area contributed by atoms with Crippen LogP contribution in [0.25, 0.3) is 291 Å². The van der Waals surface area contributed by atoms with Crippen LogP contribution in [0, 0.1) is 0 Å². The Morgan fingerprint density at radius 1 is 0.127 bits per heavy atom. The summed E-state index contributed by atoms with van der Waals surface area (Å²) in [7, 11) is 0. The molecule has 33 rings (SSSR count).